The van der Waals surface area contributed by atoms with Crippen LogP contribution in [0.5, 0.6) is 5.75 Å². The lowest BCUT2D eigenvalue weighted by Gasteiger charge is -2.35. The summed E-state index contributed by atoms with van der Waals surface area (Å²) < 4.78 is 64.5. The summed E-state index contributed by atoms with van der Waals surface area (Å²) in [5.74, 6) is -3.39. The molecule has 3 fully saturated rings. The summed E-state index contributed by atoms with van der Waals surface area (Å²) in [5, 5.41) is 6.11. The lowest BCUT2D eigenvalue weighted by molar-refractivity contribution is -0.139. The maximum atomic E-state index is 15.6. The van der Waals surface area contributed by atoms with Gasteiger partial charge in [-0.1, -0.05) is 19.1 Å². The molecule has 65 heavy (non-hydrogen) atoms. The summed E-state index contributed by atoms with van der Waals surface area (Å²) in [5.41, 5.74) is 2.32. The molecule has 0 aliphatic carbocycles. The smallest absolute Gasteiger partial charge is 0.301 e. The van der Waals surface area contributed by atoms with Crippen molar-refractivity contribution in [2.75, 3.05) is 55.9 Å². The number of anilines is 2. The zero-order valence-electron chi connectivity index (χ0n) is 35.8. The molecule has 3 amide bonds. The Morgan fingerprint density at radius 2 is 1.66 bits per heavy atom. The zero-order valence-corrected chi connectivity index (χ0v) is 37.4. The maximum absolute atomic E-state index is 15.6. The number of hydrogen-bond donors (Lipinski definition) is 4. The predicted molar refractivity (Wildman–Crippen MR) is 242 cm³/mol. The molecule has 3 aliphatic rings. The number of pyridine rings is 2. The number of likely N-dealkylation sites (tertiary alicyclic amines) is 1. The Balaban J connectivity index is 0.00000630. The van der Waals surface area contributed by atoms with E-state index in [0.717, 1.165) is 72.2 Å². The van der Waals surface area contributed by atoms with Crippen molar-refractivity contribution in [1.82, 2.24) is 34.8 Å². The minimum absolute atomic E-state index is 0. The van der Waals surface area contributed by atoms with Crippen molar-refractivity contribution in [1.29, 1.82) is 0 Å². The van der Waals surface area contributed by atoms with Crippen LogP contribution in [0, 0.1) is 11.6 Å². The van der Waals surface area contributed by atoms with Gasteiger partial charge in [0.15, 0.2) is 11.9 Å². The number of nitrogens with zero attached hydrogens (tertiary/aromatic N) is 5. The van der Waals surface area contributed by atoms with Gasteiger partial charge in [0.2, 0.25) is 17.6 Å². The standard InChI is InChI=1S/C45H49F2N9O7S.ClH/c1-3-54(2)64(61,62)53-37-11-9-35(46)41(42(37)47)43(59)34-25-51-44-33(34)22-29(23-50-44)27-4-6-31(7-5-27)55-20-16-30(17-21-55)48-26-40(58)56-18-14-28(15-19-56)36-10-8-32(24-49-36)63-38-12-13-39(57)52-45(38)60;/h4-11,22-25,28,30,38,48,53H,3,12-21,26H2,1-2H3,(H,50,51)(H,52,57,60);1H. The van der Waals surface area contributed by atoms with Gasteiger partial charge in [-0.15, -0.1) is 12.4 Å². The van der Waals surface area contributed by atoms with Crippen LogP contribution in [-0.2, 0) is 24.6 Å². The lowest BCUT2D eigenvalue weighted by Crippen LogP contribution is -2.48. The Morgan fingerprint density at radius 1 is 0.923 bits per heavy atom. The van der Waals surface area contributed by atoms with E-state index in [-0.39, 0.29) is 61.3 Å². The summed E-state index contributed by atoms with van der Waals surface area (Å²) in [6.07, 6.45) is 7.77. The molecule has 2 aromatic carbocycles. The predicted octanol–water partition coefficient (Wildman–Crippen LogP) is 5.31. The number of fused-ring (bicyclic) bond motifs is 1. The van der Waals surface area contributed by atoms with E-state index in [2.05, 4.69) is 35.2 Å². The molecule has 16 nitrogen and oxygen atoms in total. The molecule has 20 heteroatoms. The van der Waals surface area contributed by atoms with Gasteiger partial charge in [0, 0.05) is 105 Å². The highest BCUT2D eigenvalue weighted by Gasteiger charge is 2.30. The van der Waals surface area contributed by atoms with Gasteiger partial charge >= 0.3 is 10.2 Å². The van der Waals surface area contributed by atoms with E-state index in [0.29, 0.717) is 41.9 Å². The molecule has 3 saturated heterocycles. The third kappa shape index (κ3) is 10.4. The van der Waals surface area contributed by atoms with Crippen LogP contribution in [0.2, 0.25) is 0 Å². The minimum Gasteiger partial charge on any atom is -0.479 e. The molecule has 344 valence electrons. The number of nitrogens with one attached hydrogen (secondary N) is 4. The van der Waals surface area contributed by atoms with Gasteiger partial charge in [-0.2, -0.15) is 12.7 Å². The number of imide groups is 1. The van der Waals surface area contributed by atoms with Crippen molar-refractivity contribution in [3.8, 4) is 16.9 Å². The quantitative estimate of drug-likeness (QED) is 0.0832. The molecule has 8 rings (SSSR count). The van der Waals surface area contributed by atoms with Crippen molar-refractivity contribution in [2.24, 2.45) is 0 Å². The molecule has 1 atom stereocenters. The number of carbonyl (C=O) groups excluding carboxylic acids is 4. The molecule has 0 spiro atoms. The van der Waals surface area contributed by atoms with E-state index < -0.39 is 50.9 Å². The largest absolute Gasteiger partial charge is 0.479 e. The highest BCUT2D eigenvalue weighted by molar-refractivity contribution is 7.90. The summed E-state index contributed by atoms with van der Waals surface area (Å²) >= 11 is 0. The molecule has 5 aromatic rings. The van der Waals surface area contributed by atoms with E-state index in [1.54, 1.807) is 31.5 Å². The fourth-order valence-corrected chi connectivity index (χ4v) is 9.27. The average molecular weight is 934 g/mol. The first-order valence-electron chi connectivity index (χ1n) is 21.3. The molecule has 3 aromatic heterocycles. The molecule has 4 N–H and O–H groups in total. The number of hydrogen-bond acceptors (Lipinski definition) is 11. The number of halogens is 3. The molecule has 3 aliphatic heterocycles. The van der Waals surface area contributed by atoms with Crippen LogP contribution >= 0.6 is 12.4 Å². The average Bonchev–Trinajstić information content (AvgIpc) is 3.74. The maximum Gasteiger partial charge on any atom is 0.301 e. The molecular weight excluding hydrogens is 884 g/mol. The van der Waals surface area contributed by atoms with Crippen LogP contribution in [0.3, 0.4) is 0 Å². The van der Waals surface area contributed by atoms with E-state index in [1.165, 1.54) is 13.2 Å². The number of aromatic nitrogens is 3. The Hall–Kier alpha value is -6.02. The fraction of sp³-hybridized carbons (Fsp3) is 0.378. The van der Waals surface area contributed by atoms with Gasteiger partial charge in [0.25, 0.3) is 5.91 Å². The Morgan fingerprint density at radius 3 is 2.34 bits per heavy atom. The third-order valence-electron chi connectivity index (χ3n) is 12.3. The fourth-order valence-electron chi connectivity index (χ4n) is 8.34. The SMILES string of the molecule is CCN(C)S(=O)(=O)Nc1ccc(F)c(C(=O)c2c[nH]c3ncc(-c4ccc(N5CCC(NCC(=O)N6CCC(c7ccc(OC8CCC(=O)NC8=O)cn7)CC6)CC5)cc4)cc23)c1F.Cl. The highest BCUT2D eigenvalue weighted by Crippen LogP contribution is 2.32. The normalized spacial score (nSPS) is 17.5. The number of rotatable bonds is 14. The summed E-state index contributed by atoms with van der Waals surface area (Å²) in [7, 11) is -2.84. The molecule has 0 bridgehead atoms. The van der Waals surface area contributed by atoms with Gasteiger partial charge < -0.3 is 24.8 Å². The van der Waals surface area contributed by atoms with Crippen molar-refractivity contribution in [3.05, 3.63) is 102 Å². The van der Waals surface area contributed by atoms with Crippen molar-refractivity contribution >= 4 is 68.5 Å². The van der Waals surface area contributed by atoms with Gasteiger partial charge in [-0.25, -0.2) is 13.8 Å². The number of aromatic amines is 1. The van der Waals surface area contributed by atoms with Crippen LogP contribution in [0.1, 0.15) is 73.0 Å². The van der Waals surface area contributed by atoms with Crippen LogP contribution in [-0.4, -0.2) is 115 Å². The zero-order chi connectivity index (χ0) is 45.1. The van der Waals surface area contributed by atoms with Crippen LogP contribution in [0.15, 0.2) is 73.2 Å². The Bertz CT molecular complexity index is 2670. The monoisotopic (exact) mass is 933 g/mol. The molecule has 0 radical (unpaired) electrons. The highest BCUT2D eigenvalue weighted by atomic mass is 35.5. The van der Waals surface area contributed by atoms with Crippen molar-refractivity contribution in [3.63, 3.8) is 0 Å². The first-order chi connectivity index (χ1) is 30.8. The van der Waals surface area contributed by atoms with Crippen LogP contribution < -0.4 is 25.0 Å². The second-order valence-corrected chi connectivity index (χ2v) is 18.1. The van der Waals surface area contributed by atoms with E-state index in [1.807, 2.05) is 35.2 Å². The van der Waals surface area contributed by atoms with Gasteiger partial charge in [-0.05, 0) is 73.7 Å². The van der Waals surface area contributed by atoms with E-state index >= 15 is 8.78 Å². The summed E-state index contributed by atoms with van der Waals surface area (Å²) in [6, 6.07) is 15.3. The first-order valence-corrected chi connectivity index (χ1v) is 22.8. The Kier molecular flexibility index (Phi) is 14.5. The minimum atomic E-state index is -4.14. The number of carbonyl (C=O) groups is 4. The first kappa shape index (κ1) is 47.0. The topological polar surface area (TPSA) is 199 Å². The molecular formula is C45H50ClF2N9O7S. The van der Waals surface area contributed by atoms with E-state index in [4.69, 9.17) is 4.74 Å². The van der Waals surface area contributed by atoms with Gasteiger partial charge in [-0.3, -0.25) is 34.2 Å². The number of H-pyrrole nitrogens is 1. The van der Waals surface area contributed by atoms with Crippen molar-refractivity contribution < 1.29 is 41.1 Å². The summed E-state index contributed by atoms with van der Waals surface area (Å²) in [4.78, 5) is 66.4. The number of benzene rings is 2. The van der Waals surface area contributed by atoms with Gasteiger partial charge in [0.1, 0.15) is 17.2 Å². The second kappa shape index (κ2) is 20.0. The number of amides is 3. The molecule has 1 unspecified atom stereocenters. The van der Waals surface area contributed by atoms with E-state index in [9.17, 15) is 27.6 Å². The van der Waals surface area contributed by atoms with Crippen LogP contribution in [0.4, 0.5) is 20.2 Å². The van der Waals surface area contributed by atoms with Gasteiger partial charge in [0.05, 0.1) is 24.0 Å². The molecule has 6 heterocycles. The second-order valence-electron chi connectivity index (χ2n) is 16.3. The summed E-state index contributed by atoms with van der Waals surface area (Å²) in [6.45, 7) is 4.86. The molecule has 0 saturated carbocycles. The lowest BCUT2D eigenvalue weighted by atomic mass is 9.93. The number of ether oxygens (including phenoxy) is 1. The Labute approximate surface area is 381 Å². The number of piperidine rings is 3. The van der Waals surface area contributed by atoms with Crippen molar-refractivity contribution in [2.45, 2.75) is 63.5 Å². The third-order valence-corrected chi connectivity index (χ3v) is 13.8. The van der Waals surface area contributed by atoms with Crippen LogP contribution in [0.25, 0.3) is 22.2 Å². The number of ketones is 1.